The molecule has 2 aliphatic rings. The Balaban J connectivity index is 0.839. The quantitative estimate of drug-likeness (QED) is 0.158. The third kappa shape index (κ3) is 5.82. The summed E-state index contributed by atoms with van der Waals surface area (Å²) in [6, 6.07) is 84.3. The van der Waals surface area contributed by atoms with Gasteiger partial charge in [0, 0.05) is 36.4 Å². The average Bonchev–Trinajstić information content (AvgIpc) is 3.81. The number of hydrogen-bond donors (Lipinski definition) is 0. The lowest BCUT2D eigenvalue weighted by molar-refractivity contribution is 0.862. The van der Waals surface area contributed by atoms with Gasteiger partial charge in [0.05, 0.1) is 0 Å². The first kappa shape index (κ1) is 40.5. The molecule has 1 unspecified atom stereocenters. The molecule has 0 nitrogen and oxygen atoms in total. The van der Waals surface area contributed by atoms with E-state index in [0.29, 0.717) is 0 Å². The van der Waals surface area contributed by atoms with Gasteiger partial charge >= 0.3 is 0 Å². The Labute approximate surface area is 424 Å². The second-order valence-electron chi connectivity index (χ2n) is 19.7. The lowest BCUT2D eigenvalue weighted by Gasteiger charge is -2.30. The number of hydrogen-bond acceptors (Lipinski definition) is 2. The summed E-state index contributed by atoms with van der Waals surface area (Å²) in [4.78, 5) is 2.82. The predicted octanol–water partition coefficient (Wildman–Crippen LogP) is 20.7. The molecule has 0 amide bonds. The van der Waals surface area contributed by atoms with Gasteiger partial charge in [-0.2, -0.15) is 0 Å². The maximum atomic E-state index is 2.53. The summed E-state index contributed by atoms with van der Waals surface area (Å²) in [6.45, 7) is 0. The van der Waals surface area contributed by atoms with Crippen LogP contribution < -0.4 is 0 Å². The highest BCUT2D eigenvalue weighted by atomic mass is 32.2. The SMILES string of the molecule is C1=CC(c2c3ccccc3c(-c3cccc4ccccc34)c3ccccc23)CC2=C1c1cc3sc4cc(-c5c6ccccc6c(-c6cccc7ccccc67)c6ccccc56)ccc4c3c3cccc(c13)S2. The van der Waals surface area contributed by atoms with Gasteiger partial charge < -0.3 is 0 Å². The summed E-state index contributed by atoms with van der Waals surface area (Å²) in [5, 5.41) is 21.0. The van der Waals surface area contributed by atoms with Gasteiger partial charge in [-0.15, -0.1) is 11.3 Å². The minimum atomic E-state index is 0.230. The molecule has 13 aromatic carbocycles. The van der Waals surface area contributed by atoms with Crippen LogP contribution in [0.15, 0.2) is 246 Å². The number of thiophene rings is 1. The maximum Gasteiger partial charge on any atom is 0.0368 e. The fraction of sp³-hybridized carbons (Fsp3) is 0.0286. The van der Waals surface area contributed by atoms with E-state index in [1.165, 1.54) is 155 Å². The molecule has 1 aliphatic carbocycles. The van der Waals surface area contributed by atoms with E-state index in [0.717, 1.165) is 6.42 Å². The highest BCUT2D eigenvalue weighted by Gasteiger charge is 2.30. The Kier molecular flexibility index (Phi) is 8.77. The third-order valence-electron chi connectivity index (χ3n) is 16.0. The number of benzene rings is 13. The molecule has 0 bridgehead atoms. The monoisotopic (exact) mass is 946 g/mol. The van der Waals surface area contributed by atoms with Gasteiger partial charge in [-0.1, -0.05) is 230 Å². The molecule has 2 heteroatoms. The Morgan fingerprint density at radius 3 is 1.43 bits per heavy atom. The van der Waals surface area contributed by atoms with E-state index < -0.39 is 0 Å². The Morgan fingerprint density at radius 1 is 0.347 bits per heavy atom. The highest BCUT2D eigenvalue weighted by molar-refractivity contribution is 8.03. The third-order valence-corrected chi connectivity index (χ3v) is 18.3. The molecule has 0 fully saturated rings. The van der Waals surface area contributed by atoms with Gasteiger partial charge in [-0.3, -0.25) is 0 Å². The first-order chi connectivity index (χ1) is 35.7. The predicted molar refractivity (Wildman–Crippen MR) is 314 cm³/mol. The van der Waals surface area contributed by atoms with Gasteiger partial charge in [-0.25, -0.2) is 0 Å². The molecule has 1 aromatic heterocycles. The number of allylic oxidation sites excluding steroid dienone is 4. The highest BCUT2D eigenvalue weighted by Crippen LogP contribution is 2.56. The first-order valence-electron chi connectivity index (χ1n) is 25.1. The van der Waals surface area contributed by atoms with E-state index in [-0.39, 0.29) is 5.92 Å². The molecule has 1 aliphatic heterocycles. The van der Waals surface area contributed by atoms with E-state index in [1.54, 1.807) is 0 Å². The van der Waals surface area contributed by atoms with Gasteiger partial charge in [0.1, 0.15) is 0 Å². The van der Waals surface area contributed by atoms with Crippen LogP contribution in [0.2, 0.25) is 0 Å². The van der Waals surface area contributed by atoms with E-state index in [2.05, 4.69) is 237 Å². The summed E-state index contributed by atoms with van der Waals surface area (Å²) in [5.41, 5.74) is 11.9. The fourth-order valence-electron chi connectivity index (χ4n) is 13.0. The van der Waals surface area contributed by atoms with Crippen molar-refractivity contribution >= 4 is 124 Å². The first-order valence-corrected chi connectivity index (χ1v) is 26.7. The summed E-state index contributed by atoms with van der Waals surface area (Å²) in [5.74, 6) is 0.230. The minimum Gasteiger partial charge on any atom is -0.135 e. The normalized spacial score (nSPS) is 14.6. The average molecular weight is 947 g/mol. The lowest BCUT2D eigenvalue weighted by Crippen LogP contribution is -2.07. The van der Waals surface area contributed by atoms with E-state index in [4.69, 9.17) is 0 Å². The molecule has 14 aromatic rings. The van der Waals surface area contributed by atoms with Crippen LogP contribution in [0.25, 0.3) is 135 Å². The number of fused-ring (bicyclic) bond motifs is 11. The second kappa shape index (κ2) is 15.6. The van der Waals surface area contributed by atoms with Crippen LogP contribution in [0.1, 0.15) is 23.5 Å². The van der Waals surface area contributed by atoms with Crippen LogP contribution in [0.4, 0.5) is 0 Å². The smallest absolute Gasteiger partial charge is 0.0368 e. The molecule has 2 heterocycles. The van der Waals surface area contributed by atoms with Crippen molar-refractivity contribution in [3.8, 4) is 33.4 Å². The Hall–Kier alpha value is -8.27. The maximum absolute atomic E-state index is 2.53. The lowest BCUT2D eigenvalue weighted by atomic mass is 9.79. The van der Waals surface area contributed by atoms with Crippen LogP contribution in [-0.2, 0) is 0 Å². The molecule has 1 atom stereocenters. The van der Waals surface area contributed by atoms with Gasteiger partial charge in [0.15, 0.2) is 0 Å². The Bertz CT molecular complexity index is 4630. The van der Waals surface area contributed by atoms with Crippen molar-refractivity contribution in [2.24, 2.45) is 0 Å². The van der Waals surface area contributed by atoms with Crippen molar-refractivity contribution in [2.75, 3.05) is 0 Å². The van der Waals surface area contributed by atoms with Crippen LogP contribution >= 0.6 is 23.1 Å². The molecule has 72 heavy (non-hydrogen) atoms. The van der Waals surface area contributed by atoms with Crippen molar-refractivity contribution in [3.63, 3.8) is 0 Å². The van der Waals surface area contributed by atoms with Crippen molar-refractivity contribution in [2.45, 2.75) is 17.2 Å². The van der Waals surface area contributed by atoms with Crippen LogP contribution in [0.3, 0.4) is 0 Å². The molecule has 0 radical (unpaired) electrons. The topological polar surface area (TPSA) is 0 Å². The zero-order valence-electron chi connectivity index (χ0n) is 39.1. The molecule has 16 rings (SSSR count). The van der Waals surface area contributed by atoms with Crippen LogP contribution in [-0.4, -0.2) is 0 Å². The molecule has 334 valence electrons. The van der Waals surface area contributed by atoms with E-state index in [9.17, 15) is 0 Å². The molecule has 0 saturated carbocycles. The van der Waals surface area contributed by atoms with Crippen molar-refractivity contribution in [3.05, 3.63) is 253 Å². The second-order valence-corrected chi connectivity index (χ2v) is 21.9. The van der Waals surface area contributed by atoms with Gasteiger partial charge in [0.25, 0.3) is 0 Å². The van der Waals surface area contributed by atoms with Crippen LogP contribution in [0.5, 0.6) is 0 Å². The van der Waals surface area contributed by atoms with Crippen molar-refractivity contribution < 1.29 is 0 Å². The van der Waals surface area contributed by atoms with Crippen molar-refractivity contribution in [1.29, 1.82) is 0 Å². The molecule has 0 spiro atoms. The molecular weight excluding hydrogens is 905 g/mol. The molecule has 0 saturated heterocycles. The summed E-state index contributed by atoms with van der Waals surface area (Å²) >= 11 is 3.94. The van der Waals surface area contributed by atoms with Crippen LogP contribution in [0, 0.1) is 0 Å². The molecular formula is C70H42S2. The zero-order chi connectivity index (χ0) is 47.0. The number of thioether (sulfide) groups is 1. The Morgan fingerprint density at radius 2 is 0.833 bits per heavy atom. The molecule has 0 N–H and O–H groups in total. The van der Waals surface area contributed by atoms with E-state index in [1.807, 2.05) is 23.1 Å². The van der Waals surface area contributed by atoms with Crippen molar-refractivity contribution in [1.82, 2.24) is 0 Å². The fourth-order valence-corrected chi connectivity index (χ4v) is 15.5. The summed E-state index contributed by atoms with van der Waals surface area (Å²) < 4.78 is 2.67. The standard InChI is InChI=1S/C70H42S2/c1-3-20-45-41(16-1)18-13-30-48(45)67-54-26-9-5-22-50(54)65(51-23-6-10-27-55(51)67)43-34-36-47-60-40-64-69(59-32-15-33-61(70(59)60)71-62(47)38-43)58-37-35-44(39-63(58)72-64)66-52-24-7-11-28-56(52)68(57-29-12-8-25-53(57)66)49-31-14-19-42-17-2-4-21-46(42)49/h1-37,39-40,43H,38H2. The van der Waals surface area contributed by atoms with E-state index >= 15 is 0 Å². The number of rotatable bonds is 4. The van der Waals surface area contributed by atoms with Gasteiger partial charge in [0.2, 0.25) is 0 Å². The minimum absolute atomic E-state index is 0.230. The summed E-state index contributed by atoms with van der Waals surface area (Å²) in [6.07, 6.45) is 5.95. The van der Waals surface area contributed by atoms with Gasteiger partial charge in [-0.05, 0) is 150 Å². The summed E-state index contributed by atoms with van der Waals surface area (Å²) in [7, 11) is 0. The zero-order valence-corrected chi connectivity index (χ0v) is 40.8. The largest absolute Gasteiger partial charge is 0.135 e.